The van der Waals surface area contributed by atoms with E-state index in [0.717, 1.165) is 11.3 Å². The van der Waals surface area contributed by atoms with Crippen LogP contribution in [0.1, 0.15) is 19.4 Å². The van der Waals surface area contributed by atoms with E-state index in [9.17, 15) is 0 Å². The number of rotatable bonds is 2. The van der Waals surface area contributed by atoms with Gasteiger partial charge in [-0.25, -0.2) is 0 Å². The first kappa shape index (κ1) is 17.5. The minimum absolute atomic E-state index is 0. The van der Waals surface area contributed by atoms with Gasteiger partial charge in [0, 0.05) is 26.3 Å². The van der Waals surface area contributed by atoms with Crippen molar-refractivity contribution in [1.29, 1.82) is 0 Å². The predicted octanol–water partition coefficient (Wildman–Crippen LogP) is 6.28. The second-order valence-corrected chi connectivity index (χ2v) is 6.04. The van der Waals surface area contributed by atoms with Crippen molar-refractivity contribution < 1.29 is 20.1 Å². The molecule has 0 unspecified atom stereocenters. The molecule has 125 valence electrons. The van der Waals surface area contributed by atoms with Crippen LogP contribution in [0.2, 0.25) is 0 Å². The van der Waals surface area contributed by atoms with E-state index < -0.39 is 0 Å². The van der Waals surface area contributed by atoms with Crippen molar-refractivity contribution in [3.05, 3.63) is 84.6 Å². The number of nitrogens with zero attached hydrogens (tertiary/aromatic N) is 1. The molecular formula is C23H18IrN-. The Kier molecular flexibility index (Phi) is 5.13. The maximum atomic E-state index is 4.54. The molecule has 0 aliphatic carbocycles. The Labute approximate surface area is 161 Å². The van der Waals surface area contributed by atoms with E-state index in [2.05, 4.69) is 85.6 Å². The third-order valence-corrected chi connectivity index (χ3v) is 4.60. The number of hydrogen-bond donors (Lipinski definition) is 0. The normalized spacial score (nSPS) is 11.5. The Morgan fingerprint density at radius 3 is 2.60 bits per heavy atom. The van der Waals surface area contributed by atoms with E-state index in [1.54, 1.807) is 0 Å². The van der Waals surface area contributed by atoms with Gasteiger partial charge in [0.15, 0.2) is 0 Å². The molecule has 2 heteroatoms. The van der Waals surface area contributed by atoms with Crippen LogP contribution in [0.25, 0.3) is 38.4 Å². The summed E-state index contributed by atoms with van der Waals surface area (Å²) < 4.78 is 0. The third kappa shape index (κ3) is 3.28. The number of allylic oxidation sites excluding steroid dienone is 2. The van der Waals surface area contributed by atoms with E-state index in [4.69, 9.17) is 0 Å². The Balaban J connectivity index is 0.00000182. The van der Waals surface area contributed by atoms with Crippen molar-refractivity contribution in [2.24, 2.45) is 0 Å². The number of benzene rings is 3. The molecule has 1 radical (unpaired) electrons. The molecule has 1 heterocycles. The second kappa shape index (κ2) is 7.31. The minimum Gasteiger partial charge on any atom is -0.305 e. The molecule has 0 atom stereocenters. The van der Waals surface area contributed by atoms with Gasteiger partial charge in [0.05, 0.1) is 0 Å². The molecule has 0 amide bonds. The van der Waals surface area contributed by atoms with Gasteiger partial charge in [-0.1, -0.05) is 59.3 Å². The zero-order chi connectivity index (χ0) is 16.5. The zero-order valence-electron chi connectivity index (χ0n) is 14.2. The van der Waals surface area contributed by atoms with Crippen molar-refractivity contribution in [1.82, 2.24) is 4.98 Å². The van der Waals surface area contributed by atoms with Gasteiger partial charge in [0.25, 0.3) is 0 Å². The van der Waals surface area contributed by atoms with Gasteiger partial charge in [-0.05, 0) is 42.1 Å². The molecular weight excluding hydrogens is 482 g/mol. The standard InChI is InChI=1S/C23H18N.Ir/c1-3-16(2)18-12-13-24-23(15-18)20-10-11-22-19(14-20)9-8-17-6-4-5-7-21(17)22;/h3-9,11-15H,1-2H3;/q-1;/b16-3+;. The van der Waals surface area contributed by atoms with Gasteiger partial charge in [-0.15, -0.1) is 29.1 Å². The van der Waals surface area contributed by atoms with Crippen LogP contribution in [-0.4, -0.2) is 4.98 Å². The first-order chi connectivity index (χ1) is 11.8. The number of fused-ring (bicyclic) bond motifs is 3. The van der Waals surface area contributed by atoms with Gasteiger partial charge < -0.3 is 4.98 Å². The number of pyridine rings is 1. The summed E-state index contributed by atoms with van der Waals surface area (Å²) in [5.74, 6) is 0. The van der Waals surface area contributed by atoms with E-state index in [1.807, 2.05) is 12.3 Å². The Morgan fingerprint density at radius 2 is 1.76 bits per heavy atom. The van der Waals surface area contributed by atoms with Crippen LogP contribution in [0.3, 0.4) is 0 Å². The summed E-state index contributed by atoms with van der Waals surface area (Å²) >= 11 is 0. The van der Waals surface area contributed by atoms with E-state index in [1.165, 1.54) is 32.7 Å². The van der Waals surface area contributed by atoms with Crippen LogP contribution in [0, 0.1) is 6.07 Å². The largest absolute Gasteiger partial charge is 0.305 e. The Bertz CT molecular complexity index is 1080. The first-order valence-electron chi connectivity index (χ1n) is 8.19. The van der Waals surface area contributed by atoms with Gasteiger partial charge in [-0.3, -0.25) is 0 Å². The summed E-state index contributed by atoms with van der Waals surface area (Å²) in [6.07, 6.45) is 3.99. The van der Waals surface area contributed by atoms with Crippen LogP contribution in [-0.2, 0) is 20.1 Å². The monoisotopic (exact) mass is 501 g/mol. The molecule has 0 spiro atoms. The fourth-order valence-corrected chi connectivity index (χ4v) is 3.08. The van der Waals surface area contributed by atoms with Gasteiger partial charge in [0.2, 0.25) is 0 Å². The summed E-state index contributed by atoms with van der Waals surface area (Å²) in [5.41, 5.74) is 4.45. The molecule has 0 bridgehead atoms. The van der Waals surface area contributed by atoms with Crippen molar-refractivity contribution >= 4 is 27.1 Å². The molecule has 4 aromatic rings. The Hall–Kier alpha value is -2.28. The third-order valence-electron chi connectivity index (χ3n) is 4.60. The molecule has 1 nitrogen and oxygen atoms in total. The maximum absolute atomic E-state index is 4.54. The smallest absolute Gasteiger partial charge is 0.0166 e. The molecule has 25 heavy (non-hydrogen) atoms. The molecule has 3 aromatic carbocycles. The average molecular weight is 501 g/mol. The summed E-state index contributed by atoms with van der Waals surface area (Å²) in [5, 5.41) is 4.98. The van der Waals surface area contributed by atoms with Crippen LogP contribution < -0.4 is 0 Å². The molecule has 0 saturated heterocycles. The average Bonchev–Trinajstić information content (AvgIpc) is 2.67. The second-order valence-electron chi connectivity index (χ2n) is 6.04. The molecule has 1 aromatic heterocycles. The minimum atomic E-state index is 0. The van der Waals surface area contributed by atoms with Crippen LogP contribution in [0.4, 0.5) is 0 Å². The van der Waals surface area contributed by atoms with Gasteiger partial charge >= 0.3 is 0 Å². The van der Waals surface area contributed by atoms with Gasteiger partial charge in [0.1, 0.15) is 0 Å². The number of hydrogen-bond acceptors (Lipinski definition) is 1. The van der Waals surface area contributed by atoms with E-state index in [-0.39, 0.29) is 20.1 Å². The summed E-state index contributed by atoms with van der Waals surface area (Å²) in [7, 11) is 0. The van der Waals surface area contributed by atoms with Crippen molar-refractivity contribution in [2.75, 3.05) is 0 Å². The predicted molar refractivity (Wildman–Crippen MR) is 103 cm³/mol. The first-order valence-corrected chi connectivity index (χ1v) is 8.19. The summed E-state index contributed by atoms with van der Waals surface area (Å²) in [6.45, 7) is 4.18. The molecule has 0 aliphatic heterocycles. The quantitative estimate of drug-likeness (QED) is 0.233. The van der Waals surface area contributed by atoms with Crippen molar-refractivity contribution in [2.45, 2.75) is 13.8 Å². The van der Waals surface area contributed by atoms with Crippen LogP contribution >= 0.6 is 0 Å². The topological polar surface area (TPSA) is 12.9 Å². The fourth-order valence-electron chi connectivity index (χ4n) is 3.08. The van der Waals surface area contributed by atoms with E-state index in [0.29, 0.717) is 0 Å². The molecule has 0 N–H and O–H groups in total. The summed E-state index contributed by atoms with van der Waals surface area (Å²) in [6, 6.07) is 24.7. The fraction of sp³-hybridized carbons (Fsp3) is 0.0870. The van der Waals surface area contributed by atoms with E-state index >= 15 is 0 Å². The van der Waals surface area contributed by atoms with Gasteiger partial charge in [-0.2, -0.15) is 0 Å². The number of aromatic nitrogens is 1. The van der Waals surface area contributed by atoms with Crippen LogP contribution in [0.15, 0.2) is 72.9 Å². The molecule has 0 aliphatic rings. The summed E-state index contributed by atoms with van der Waals surface area (Å²) in [4.78, 5) is 4.54. The van der Waals surface area contributed by atoms with Crippen molar-refractivity contribution in [3.8, 4) is 11.3 Å². The SMILES string of the molecule is C/C=C(\C)c1ccnc(-c2[c-]cc3c(ccc4ccccc43)c2)c1.[Ir]. The molecule has 4 rings (SSSR count). The van der Waals surface area contributed by atoms with Crippen LogP contribution in [0.5, 0.6) is 0 Å². The molecule has 0 saturated carbocycles. The maximum Gasteiger partial charge on any atom is 0.0166 e. The van der Waals surface area contributed by atoms with Crippen molar-refractivity contribution in [3.63, 3.8) is 0 Å². The Morgan fingerprint density at radius 1 is 0.960 bits per heavy atom. The zero-order valence-corrected chi connectivity index (χ0v) is 16.6. The molecule has 0 fully saturated rings.